The highest BCUT2D eigenvalue weighted by Crippen LogP contribution is 2.53. The number of primary amides is 1. The molecule has 1 aromatic carbocycles. The fourth-order valence-corrected chi connectivity index (χ4v) is 5.42. The Balaban J connectivity index is 1.71. The molecule has 1 fully saturated rings. The van der Waals surface area contributed by atoms with Gasteiger partial charge in [-0.3, -0.25) is 14.4 Å². The van der Waals surface area contributed by atoms with Crippen molar-refractivity contribution >= 4 is 23.2 Å². The Morgan fingerprint density at radius 2 is 1.91 bits per heavy atom. The largest absolute Gasteiger partial charge is 0.508 e. The Hall–Kier alpha value is -3.85. The summed E-state index contributed by atoms with van der Waals surface area (Å²) < 4.78 is 5.60. The maximum absolute atomic E-state index is 13.5. The highest BCUT2D eigenvalue weighted by Gasteiger charge is 2.60. The summed E-state index contributed by atoms with van der Waals surface area (Å²) in [5.74, 6) is -5.97. The molecule has 9 heteroatoms. The number of phenolic OH excluding ortho intramolecular Hbond substituents is 1. The fraction of sp³-hybridized carbons (Fsp3) is 0.292. The highest BCUT2D eigenvalue weighted by molar-refractivity contribution is 6.22. The summed E-state index contributed by atoms with van der Waals surface area (Å²) in [4.78, 5) is 37.6. The predicted molar refractivity (Wildman–Crippen MR) is 114 cm³/mol. The van der Waals surface area contributed by atoms with Crippen molar-refractivity contribution in [2.75, 3.05) is 0 Å². The maximum Gasteiger partial charge on any atom is 0.255 e. The minimum atomic E-state index is -2.57. The van der Waals surface area contributed by atoms with Gasteiger partial charge < -0.3 is 30.6 Å². The first kappa shape index (κ1) is 21.0. The molecule has 1 aromatic heterocycles. The molecule has 33 heavy (non-hydrogen) atoms. The van der Waals surface area contributed by atoms with Crippen molar-refractivity contribution in [1.82, 2.24) is 0 Å². The van der Waals surface area contributed by atoms with Gasteiger partial charge in [-0.2, -0.15) is 0 Å². The van der Waals surface area contributed by atoms with E-state index in [1.165, 1.54) is 6.07 Å². The molecule has 3 aliphatic rings. The molecule has 2 aromatic rings. The monoisotopic (exact) mass is 451 g/mol. The van der Waals surface area contributed by atoms with Gasteiger partial charge in [0.2, 0.25) is 5.78 Å². The molecule has 1 amide bonds. The number of aryl methyl sites for hydroxylation is 1. The van der Waals surface area contributed by atoms with Gasteiger partial charge in [0.15, 0.2) is 11.4 Å². The Morgan fingerprint density at radius 1 is 1.18 bits per heavy atom. The third-order valence-electron chi connectivity index (χ3n) is 6.94. The lowest BCUT2D eigenvalue weighted by Crippen LogP contribution is -2.58. The van der Waals surface area contributed by atoms with Gasteiger partial charge in [0.1, 0.15) is 28.6 Å². The summed E-state index contributed by atoms with van der Waals surface area (Å²) in [5.41, 5.74) is 3.75. The van der Waals surface area contributed by atoms with Crippen LogP contribution >= 0.6 is 0 Å². The van der Waals surface area contributed by atoms with Crippen LogP contribution in [0.2, 0.25) is 0 Å². The topological polar surface area (TPSA) is 171 Å². The fourth-order valence-electron chi connectivity index (χ4n) is 5.42. The molecule has 3 aliphatic carbocycles. The van der Waals surface area contributed by atoms with E-state index in [9.17, 15) is 34.8 Å². The van der Waals surface area contributed by atoms with Crippen LogP contribution in [0.5, 0.6) is 5.75 Å². The number of benzene rings is 1. The van der Waals surface area contributed by atoms with E-state index in [-0.39, 0.29) is 36.1 Å². The van der Waals surface area contributed by atoms with Crippen LogP contribution in [-0.2, 0) is 20.8 Å². The summed E-state index contributed by atoms with van der Waals surface area (Å²) in [6, 6.07) is 4.83. The molecule has 0 saturated heterocycles. The van der Waals surface area contributed by atoms with E-state index in [1.54, 1.807) is 12.3 Å². The van der Waals surface area contributed by atoms with Crippen molar-refractivity contribution in [1.29, 1.82) is 0 Å². The number of nitrogens with two attached hydrogens (primary N) is 1. The average Bonchev–Trinajstić information content (AvgIpc) is 3.16. The summed E-state index contributed by atoms with van der Waals surface area (Å²) in [5, 5.41) is 43.4. The molecule has 0 radical (unpaired) electrons. The summed E-state index contributed by atoms with van der Waals surface area (Å²) in [7, 11) is 0. The van der Waals surface area contributed by atoms with Gasteiger partial charge in [-0.05, 0) is 55.0 Å². The van der Waals surface area contributed by atoms with Crippen LogP contribution in [-0.4, -0.2) is 43.5 Å². The predicted octanol–water partition coefficient (Wildman–Crippen LogP) is 1.99. The Labute approximate surface area is 187 Å². The second-order valence-electron chi connectivity index (χ2n) is 8.88. The number of amides is 1. The molecular weight excluding hydrogens is 430 g/mol. The molecule has 9 nitrogen and oxygen atoms in total. The van der Waals surface area contributed by atoms with Crippen LogP contribution in [0.25, 0.3) is 17.1 Å². The van der Waals surface area contributed by atoms with Crippen molar-refractivity contribution in [2.24, 2.45) is 17.6 Å². The number of rotatable bonds is 2. The molecule has 6 N–H and O–H groups in total. The molecule has 5 rings (SSSR count). The zero-order valence-electron chi connectivity index (χ0n) is 17.6. The molecule has 0 bridgehead atoms. The van der Waals surface area contributed by atoms with Gasteiger partial charge in [-0.1, -0.05) is 0 Å². The first-order valence-corrected chi connectivity index (χ1v) is 10.4. The van der Waals surface area contributed by atoms with E-state index in [0.29, 0.717) is 16.9 Å². The van der Waals surface area contributed by atoms with Gasteiger partial charge in [0.25, 0.3) is 5.91 Å². The number of Topliss-reactive ketones (excluding diaryl/α,β-unsaturated/α-hetero) is 2. The summed E-state index contributed by atoms with van der Waals surface area (Å²) >= 11 is 0. The van der Waals surface area contributed by atoms with Crippen molar-refractivity contribution in [3.05, 3.63) is 58.1 Å². The zero-order chi connectivity index (χ0) is 23.8. The third kappa shape index (κ3) is 2.72. The Bertz CT molecular complexity index is 1330. The van der Waals surface area contributed by atoms with E-state index < -0.39 is 52.0 Å². The number of phenols is 1. The minimum absolute atomic E-state index is 0.0358. The smallest absolute Gasteiger partial charge is 0.255 e. The van der Waals surface area contributed by atoms with Crippen LogP contribution in [0.4, 0.5) is 0 Å². The van der Waals surface area contributed by atoms with E-state index in [0.717, 1.165) is 5.56 Å². The van der Waals surface area contributed by atoms with Gasteiger partial charge >= 0.3 is 0 Å². The minimum Gasteiger partial charge on any atom is -0.508 e. The number of carbonyl (C=O) groups is 3. The lowest BCUT2D eigenvalue weighted by atomic mass is 9.59. The van der Waals surface area contributed by atoms with E-state index in [4.69, 9.17) is 10.2 Å². The molecule has 3 atom stereocenters. The SMILES string of the molecule is Cc1coc(-c2ccc(O)c3c2C[C@H]2C[C@H]4CC(=O)C(C(N)=O)=C(O)[C@@]4(O)C(=O)C2=C3O)c1. The van der Waals surface area contributed by atoms with E-state index >= 15 is 0 Å². The number of carbonyl (C=O) groups excluding carboxylic acids is 3. The second kappa shape index (κ2) is 6.82. The van der Waals surface area contributed by atoms with Crippen molar-refractivity contribution in [2.45, 2.75) is 31.8 Å². The lowest BCUT2D eigenvalue weighted by molar-refractivity contribution is -0.147. The van der Waals surface area contributed by atoms with Crippen LogP contribution in [0.3, 0.4) is 0 Å². The molecule has 170 valence electrons. The number of hydrogen-bond acceptors (Lipinski definition) is 8. The Morgan fingerprint density at radius 3 is 2.55 bits per heavy atom. The van der Waals surface area contributed by atoms with Crippen LogP contribution in [0.15, 0.2) is 45.8 Å². The second-order valence-corrected chi connectivity index (χ2v) is 8.88. The van der Waals surface area contributed by atoms with Gasteiger partial charge in [0.05, 0.1) is 11.8 Å². The van der Waals surface area contributed by atoms with Gasteiger partial charge in [0, 0.05) is 23.5 Å². The number of aliphatic hydroxyl groups excluding tert-OH is 2. The molecule has 0 unspecified atom stereocenters. The Kier molecular flexibility index (Phi) is 4.35. The molecule has 0 spiro atoms. The quantitative estimate of drug-likeness (QED) is 0.431. The van der Waals surface area contributed by atoms with Crippen LogP contribution in [0, 0.1) is 18.8 Å². The maximum atomic E-state index is 13.5. The first-order chi connectivity index (χ1) is 15.6. The number of ketones is 2. The molecular formula is C24H21NO8. The van der Waals surface area contributed by atoms with Crippen molar-refractivity contribution < 1.29 is 39.2 Å². The number of furan rings is 1. The number of aliphatic hydroxyl groups is 3. The molecule has 1 saturated carbocycles. The molecule has 0 aliphatic heterocycles. The summed E-state index contributed by atoms with van der Waals surface area (Å²) in [6.45, 7) is 1.86. The van der Waals surface area contributed by atoms with E-state index in [1.807, 2.05) is 13.0 Å². The molecule has 1 heterocycles. The van der Waals surface area contributed by atoms with Gasteiger partial charge in [-0.25, -0.2) is 0 Å². The number of hydrogen-bond donors (Lipinski definition) is 5. The highest BCUT2D eigenvalue weighted by atomic mass is 16.3. The first-order valence-electron chi connectivity index (χ1n) is 10.4. The van der Waals surface area contributed by atoms with Crippen molar-refractivity contribution in [3.63, 3.8) is 0 Å². The van der Waals surface area contributed by atoms with Crippen LogP contribution < -0.4 is 5.73 Å². The number of fused-ring (bicyclic) bond motifs is 3. The standard InChI is InChI=1S/C24H21NO8/c1-9-4-16(33-8-9)12-2-3-14(26)18-13(12)6-10-5-11-7-15(27)19(23(25)31)22(30)24(11,32)21(29)17(10)20(18)28/h2-4,8,10-11,26,28,30,32H,5-7H2,1H3,(H2,25,31)/t10-,11+,24+/m1/s1. The average molecular weight is 451 g/mol. The van der Waals surface area contributed by atoms with Gasteiger partial charge in [-0.15, -0.1) is 0 Å². The summed E-state index contributed by atoms with van der Waals surface area (Å²) in [6.07, 6.45) is 1.52. The van der Waals surface area contributed by atoms with Crippen molar-refractivity contribution in [3.8, 4) is 17.1 Å². The zero-order valence-corrected chi connectivity index (χ0v) is 17.6. The third-order valence-corrected chi connectivity index (χ3v) is 6.94. The number of aromatic hydroxyl groups is 1. The van der Waals surface area contributed by atoms with E-state index in [2.05, 4.69) is 0 Å². The lowest BCUT2D eigenvalue weighted by Gasteiger charge is -2.46. The normalized spacial score (nSPS) is 26.7. The van der Waals surface area contributed by atoms with Crippen LogP contribution in [0.1, 0.15) is 29.5 Å².